The van der Waals surface area contributed by atoms with E-state index in [4.69, 9.17) is 18.1 Å². The molecule has 0 aromatic heterocycles. The number of rotatable bonds is 2. The molecule has 0 amide bonds. The van der Waals surface area contributed by atoms with Crippen LogP contribution in [0.1, 0.15) is 105 Å². The number of hydrogen-bond donors (Lipinski definition) is 0. The van der Waals surface area contributed by atoms with Gasteiger partial charge in [0.1, 0.15) is 0 Å². The second kappa shape index (κ2) is 10.8. The van der Waals surface area contributed by atoms with Crippen molar-refractivity contribution < 1.29 is 18.1 Å². The lowest BCUT2D eigenvalue weighted by Crippen LogP contribution is -2.47. The molecular weight excluding hydrogens is 522 g/mol. The predicted octanol–water partition coefficient (Wildman–Crippen LogP) is 8.53. The van der Waals surface area contributed by atoms with E-state index in [0.29, 0.717) is 26.4 Å². The lowest BCUT2D eigenvalue weighted by Gasteiger charge is -2.45. The number of benzene rings is 2. The summed E-state index contributed by atoms with van der Waals surface area (Å²) in [4.78, 5) is 0. The highest BCUT2D eigenvalue weighted by Crippen LogP contribution is 2.54. The summed E-state index contributed by atoms with van der Waals surface area (Å²) in [5, 5.41) is 2.49. The molecule has 0 saturated carbocycles. The zero-order chi connectivity index (χ0) is 29.0. The summed E-state index contributed by atoms with van der Waals surface area (Å²) in [6, 6.07) is 13.3. The van der Waals surface area contributed by atoms with Gasteiger partial charge in [-0.25, -0.2) is 0 Å². The Labute approximate surface area is 240 Å². The molecule has 2 saturated heterocycles. The first kappa shape index (κ1) is 31.1. The van der Waals surface area contributed by atoms with Gasteiger partial charge >= 0.3 is 0 Å². The Hall–Kier alpha value is -0.860. The van der Waals surface area contributed by atoms with Crippen LogP contribution in [-0.2, 0) is 39.8 Å². The third-order valence-electron chi connectivity index (χ3n) is 7.62. The molecule has 4 rings (SSSR count). The molecule has 216 valence electrons. The van der Waals surface area contributed by atoms with Gasteiger partial charge in [-0.2, -0.15) is 0 Å². The van der Waals surface area contributed by atoms with Crippen LogP contribution in [0.2, 0.25) is 0 Å². The van der Waals surface area contributed by atoms with E-state index in [1.165, 1.54) is 32.9 Å². The molecule has 2 fully saturated rings. The summed E-state index contributed by atoms with van der Waals surface area (Å²) < 4.78 is 26.5. The van der Waals surface area contributed by atoms with E-state index >= 15 is 0 Å². The lowest BCUT2D eigenvalue weighted by atomic mass is 9.80. The molecule has 1 spiro atoms. The van der Waals surface area contributed by atoms with Crippen molar-refractivity contribution in [2.45, 2.75) is 105 Å². The fraction of sp³-hybridized carbons (Fsp3) is 0.636. The minimum atomic E-state index is -1.19. The van der Waals surface area contributed by atoms with E-state index in [-0.39, 0.29) is 27.1 Å². The second-order valence-electron chi connectivity index (χ2n) is 15.5. The van der Waals surface area contributed by atoms with Crippen molar-refractivity contribution in [3.8, 4) is 0 Å². The second-order valence-corrected chi connectivity index (χ2v) is 18.5. The summed E-state index contributed by atoms with van der Waals surface area (Å²) in [6.07, 6.45) is 0. The third kappa shape index (κ3) is 6.63. The summed E-state index contributed by atoms with van der Waals surface area (Å²) in [5.74, 6) is 0. The average Bonchev–Trinajstić information content (AvgIpc) is 2.82. The molecule has 2 aliphatic heterocycles. The smallest absolute Gasteiger partial charge is 0.205 e. The zero-order valence-corrected chi connectivity index (χ0v) is 28.1. The van der Waals surface area contributed by atoms with Gasteiger partial charge < -0.3 is 18.1 Å². The van der Waals surface area contributed by atoms with Gasteiger partial charge in [-0.3, -0.25) is 0 Å². The summed E-state index contributed by atoms with van der Waals surface area (Å²) in [5.41, 5.74) is 4.95. The summed E-state index contributed by atoms with van der Waals surface area (Å²) in [7, 11) is -2.38. The largest absolute Gasteiger partial charge is 0.330 e. The van der Waals surface area contributed by atoms with Gasteiger partial charge in [0.05, 0.1) is 31.8 Å². The number of hydrogen-bond acceptors (Lipinski definition) is 4. The van der Waals surface area contributed by atoms with Gasteiger partial charge in [-0.1, -0.05) is 119 Å². The Morgan fingerprint density at radius 1 is 0.462 bits per heavy atom. The maximum Gasteiger partial charge on any atom is 0.205 e. The highest BCUT2D eigenvalue weighted by atomic mass is 31.2. The molecule has 0 bridgehead atoms. The third-order valence-corrected chi connectivity index (χ3v) is 10.8. The molecule has 2 aliphatic rings. The summed E-state index contributed by atoms with van der Waals surface area (Å²) in [6.45, 7) is 29.6. The molecule has 0 aliphatic carbocycles. The van der Waals surface area contributed by atoms with Gasteiger partial charge in [0.15, 0.2) is 0 Å². The van der Waals surface area contributed by atoms with Crippen LogP contribution in [0.15, 0.2) is 36.4 Å². The van der Waals surface area contributed by atoms with E-state index in [0.717, 1.165) is 0 Å². The van der Waals surface area contributed by atoms with Gasteiger partial charge in [0.25, 0.3) is 0 Å². The van der Waals surface area contributed by atoms with Crippen LogP contribution in [0, 0.1) is 5.41 Å². The monoisotopic (exact) mass is 572 g/mol. The van der Waals surface area contributed by atoms with E-state index in [1.807, 2.05) is 0 Å². The molecule has 0 unspecified atom stereocenters. The molecule has 2 aromatic carbocycles. The Bertz CT molecular complexity index is 1000. The van der Waals surface area contributed by atoms with Crippen LogP contribution in [0.25, 0.3) is 0 Å². The Morgan fingerprint density at radius 3 is 0.897 bits per heavy atom. The minimum Gasteiger partial charge on any atom is -0.330 e. The molecule has 0 radical (unpaired) electrons. The average molecular weight is 573 g/mol. The van der Waals surface area contributed by atoms with Crippen LogP contribution in [0.4, 0.5) is 0 Å². The van der Waals surface area contributed by atoms with Crippen molar-refractivity contribution in [2.75, 3.05) is 26.4 Å². The fourth-order valence-corrected chi connectivity index (χ4v) is 9.92. The molecule has 0 N–H and O–H groups in total. The van der Waals surface area contributed by atoms with Gasteiger partial charge in [0, 0.05) is 10.6 Å². The normalized spacial score (nSPS) is 25.2. The molecule has 6 heteroatoms. The standard InChI is InChI=1S/C33H50O4P2/c1-29(2,3)23-15-13-16-24(30(4,5)6)27(23)38-34-19-33(20-35-38)21-36-39(37-22-33)28-25(31(7,8)9)17-14-18-26(28)32(10,11)12/h13-18H,19-22H2,1-12H3. The molecule has 4 nitrogen and oxygen atoms in total. The highest BCUT2D eigenvalue weighted by Gasteiger charge is 2.46. The van der Waals surface area contributed by atoms with Gasteiger partial charge in [0.2, 0.25) is 16.8 Å². The molecule has 2 heterocycles. The van der Waals surface area contributed by atoms with E-state index in [2.05, 4.69) is 119 Å². The van der Waals surface area contributed by atoms with Crippen LogP contribution in [0.3, 0.4) is 0 Å². The quantitative estimate of drug-likeness (QED) is 0.338. The van der Waals surface area contributed by atoms with E-state index < -0.39 is 16.8 Å². The Balaban J connectivity index is 1.56. The van der Waals surface area contributed by atoms with Crippen molar-refractivity contribution in [2.24, 2.45) is 5.41 Å². The SMILES string of the molecule is CC(C)(C)c1cccc(C(C)(C)C)c1P1OCC2(CO1)COP(c1c(C(C)(C)C)cccc1C(C)(C)C)OC2. The fourth-order valence-electron chi connectivity index (χ4n) is 5.27. The van der Waals surface area contributed by atoms with Crippen molar-refractivity contribution in [1.82, 2.24) is 0 Å². The Kier molecular flexibility index (Phi) is 8.58. The van der Waals surface area contributed by atoms with E-state index in [9.17, 15) is 0 Å². The first-order chi connectivity index (χ1) is 17.8. The zero-order valence-electron chi connectivity index (χ0n) is 26.3. The first-order valence-electron chi connectivity index (χ1n) is 14.2. The van der Waals surface area contributed by atoms with Gasteiger partial charge in [-0.05, 0) is 43.9 Å². The summed E-state index contributed by atoms with van der Waals surface area (Å²) >= 11 is 0. The van der Waals surface area contributed by atoms with Crippen molar-refractivity contribution in [3.05, 3.63) is 58.7 Å². The van der Waals surface area contributed by atoms with Crippen LogP contribution in [-0.4, -0.2) is 26.4 Å². The van der Waals surface area contributed by atoms with Crippen molar-refractivity contribution in [1.29, 1.82) is 0 Å². The first-order valence-corrected chi connectivity index (χ1v) is 16.6. The topological polar surface area (TPSA) is 36.9 Å². The molecule has 2 aromatic rings. The highest BCUT2D eigenvalue weighted by molar-refractivity contribution is 7.56. The van der Waals surface area contributed by atoms with Crippen LogP contribution < -0.4 is 10.6 Å². The van der Waals surface area contributed by atoms with Crippen molar-refractivity contribution in [3.63, 3.8) is 0 Å². The van der Waals surface area contributed by atoms with Gasteiger partial charge in [-0.15, -0.1) is 0 Å². The van der Waals surface area contributed by atoms with Crippen molar-refractivity contribution >= 4 is 27.4 Å². The van der Waals surface area contributed by atoms with Crippen LogP contribution in [0.5, 0.6) is 0 Å². The lowest BCUT2D eigenvalue weighted by molar-refractivity contribution is -0.0500. The predicted molar refractivity (Wildman–Crippen MR) is 167 cm³/mol. The van der Waals surface area contributed by atoms with E-state index in [1.54, 1.807) is 0 Å². The molecule has 39 heavy (non-hydrogen) atoms. The Morgan fingerprint density at radius 2 is 0.692 bits per heavy atom. The molecule has 0 atom stereocenters. The van der Waals surface area contributed by atoms with Crippen LogP contribution >= 0.6 is 16.8 Å². The minimum absolute atomic E-state index is 0.00111. The maximum atomic E-state index is 6.62. The maximum absolute atomic E-state index is 6.62. The molecular formula is C33H50O4P2.